The number of benzene rings is 1. The van der Waals surface area contributed by atoms with E-state index >= 15 is 0 Å². The molecule has 0 saturated heterocycles. The quantitative estimate of drug-likeness (QED) is 0.624. The number of Topliss-reactive ketones (excluding diaryl/α,β-unsaturated/α-hetero) is 1. The minimum atomic E-state index is -0.577. The third-order valence-electron chi connectivity index (χ3n) is 6.80. The van der Waals surface area contributed by atoms with Crippen LogP contribution in [0.15, 0.2) is 60.0 Å². The maximum atomic E-state index is 13.7. The number of hydrogen-bond donors (Lipinski definition) is 0. The van der Waals surface area contributed by atoms with Gasteiger partial charge in [0.25, 0.3) is 5.91 Å². The van der Waals surface area contributed by atoms with Gasteiger partial charge >= 0.3 is 0 Å². The first kappa shape index (κ1) is 21.7. The predicted octanol–water partition coefficient (Wildman–Crippen LogP) is 5.01. The van der Waals surface area contributed by atoms with Crippen molar-refractivity contribution in [2.45, 2.75) is 58.1 Å². The van der Waals surface area contributed by atoms with Gasteiger partial charge in [0.2, 0.25) is 0 Å². The number of carbonyl (C=O) groups excluding carboxylic acids is 2. The largest absolute Gasteiger partial charge is 0.494 e. The van der Waals surface area contributed by atoms with Gasteiger partial charge in [-0.2, -0.15) is 0 Å². The van der Waals surface area contributed by atoms with Gasteiger partial charge in [-0.15, -0.1) is 0 Å². The molecule has 3 heterocycles. The Morgan fingerprint density at radius 1 is 1.12 bits per heavy atom. The number of ether oxygens (including phenoxy) is 2. The summed E-state index contributed by atoms with van der Waals surface area (Å²) >= 11 is 0. The summed E-state index contributed by atoms with van der Waals surface area (Å²) in [6.07, 6.45) is 6.07. The fraction of sp³-hybridized carbons (Fsp3) is 0.444. The Balaban J connectivity index is 1.55. The van der Waals surface area contributed by atoms with E-state index in [4.69, 9.17) is 9.47 Å². The van der Waals surface area contributed by atoms with Crippen LogP contribution in [0.25, 0.3) is 0 Å². The van der Waals surface area contributed by atoms with Gasteiger partial charge in [-0.3, -0.25) is 14.5 Å². The van der Waals surface area contributed by atoms with Gasteiger partial charge in [0.05, 0.1) is 24.1 Å². The Bertz CT molecular complexity index is 1080. The van der Waals surface area contributed by atoms with Crippen molar-refractivity contribution in [3.8, 4) is 5.75 Å². The molecule has 33 heavy (non-hydrogen) atoms. The minimum Gasteiger partial charge on any atom is -0.494 e. The monoisotopic (exact) mass is 446 g/mol. The van der Waals surface area contributed by atoms with Crippen molar-refractivity contribution in [2.75, 3.05) is 11.5 Å². The molecule has 1 saturated carbocycles. The van der Waals surface area contributed by atoms with Crippen LogP contribution in [0.5, 0.6) is 5.75 Å². The summed E-state index contributed by atoms with van der Waals surface area (Å²) in [5.41, 5.74) is 1.29. The standard InChI is InChI=1S/C27H30N2O4/c1-17(2)13-15-32-19-9-7-8-18(16-19)24-23-25(30)20-10-3-4-11-21(20)33-26(23)27(31)29(24)22-12-5-6-14-28-22/h5-9,12,14,16-17,20-21,24H,3-4,10-11,13,15H2,1-2H3. The Hall–Kier alpha value is -3.15. The molecule has 3 atom stereocenters. The van der Waals surface area contributed by atoms with Crippen LogP contribution >= 0.6 is 0 Å². The molecule has 2 aliphatic heterocycles. The average molecular weight is 447 g/mol. The highest BCUT2D eigenvalue weighted by Gasteiger charge is 2.52. The first-order chi connectivity index (χ1) is 16.0. The Labute approximate surface area is 194 Å². The molecule has 3 unspecified atom stereocenters. The molecular weight excluding hydrogens is 416 g/mol. The summed E-state index contributed by atoms with van der Waals surface area (Å²) < 4.78 is 12.2. The zero-order valence-electron chi connectivity index (χ0n) is 19.2. The summed E-state index contributed by atoms with van der Waals surface area (Å²) in [5, 5.41) is 0. The molecule has 2 aromatic rings. The highest BCUT2D eigenvalue weighted by Crippen LogP contribution is 2.48. The zero-order valence-corrected chi connectivity index (χ0v) is 19.2. The lowest BCUT2D eigenvalue weighted by Crippen LogP contribution is -2.39. The van der Waals surface area contributed by atoms with Gasteiger partial charge in [-0.25, -0.2) is 4.98 Å². The third-order valence-corrected chi connectivity index (χ3v) is 6.80. The number of amides is 1. The van der Waals surface area contributed by atoms with E-state index in [0.717, 1.165) is 43.4 Å². The molecule has 0 N–H and O–H groups in total. The molecule has 1 aliphatic carbocycles. The summed E-state index contributed by atoms with van der Waals surface area (Å²) in [6, 6.07) is 12.6. The first-order valence-electron chi connectivity index (χ1n) is 12.0. The van der Waals surface area contributed by atoms with E-state index in [1.54, 1.807) is 17.2 Å². The topological polar surface area (TPSA) is 68.7 Å². The van der Waals surface area contributed by atoms with E-state index in [1.165, 1.54) is 0 Å². The van der Waals surface area contributed by atoms with Gasteiger partial charge in [-0.05, 0) is 61.4 Å². The van der Waals surface area contributed by atoms with E-state index in [9.17, 15) is 9.59 Å². The molecule has 5 rings (SSSR count). The number of carbonyl (C=O) groups is 2. The summed E-state index contributed by atoms with van der Waals surface area (Å²) in [6.45, 7) is 4.94. The van der Waals surface area contributed by atoms with Crippen LogP contribution in [-0.2, 0) is 14.3 Å². The van der Waals surface area contributed by atoms with E-state index in [2.05, 4.69) is 18.8 Å². The summed E-state index contributed by atoms with van der Waals surface area (Å²) in [5.74, 6) is 1.56. The van der Waals surface area contributed by atoms with Gasteiger partial charge < -0.3 is 9.47 Å². The molecule has 1 aromatic carbocycles. The van der Waals surface area contributed by atoms with Crippen molar-refractivity contribution < 1.29 is 19.1 Å². The SMILES string of the molecule is CC(C)CCOc1cccc(C2C3=C(OC4CCCCC4C3=O)C(=O)N2c2ccccn2)c1. The number of ketones is 1. The summed E-state index contributed by atoms with van der Waals surface area (Å²) in [7, 11) is 0. The number of pyridine rings is 1. The maximum absolute atomic E-state index is 13.7. The predicted molar refractivity (Wildman–Crippen MR) is 125 cm³/mol. The van der Waals surface area contributed by atoms with Crippen LogP contribution < -0.4 is 9.64 Å². The lowest BCUT2D eigenvalue weighted by atomic mass is 9.77. The number of aromatic nitrogens is 1. The van der Waals surface area contributed by atoms with Gasteiger partial charge in [0.1, 0.15) is 17.7 Å². The smallest absolute Gasteiger partial charge is 0.295 e. The normalized spacial score (nSPS) is 24.6. The number of hydrogen-bond acceptors (Lipinski definition) is 5. The molecule has 0 spiro atoms. The van der Waals surface area contributed by atoms with Crippen LogP contribution in [0, 0.1) is 11.8 Å². The molecular formula is C27H30N2O4. The van der Waals surface area contributed by atoms with E-state index in [0.29, 0.717) is 23.9 Å². The number of nitrogens with zero attached hydrogens (tertiary/aromatic N) is 2. The van der Waals surface area contributed by atoms with Gasteiger partial charge in [0, 0.05) is 6.20 Å². The Morgan fingerprint density at radius 3 is 2.76 bits per heavy atom. The van der Waals surface area contributed by atoms with Crippen molar-refractivity contribution in [3.63, 3.8) is 0 Å². The van der Waals surface area contributed by atoms with E-state index in [-0.39, 0.29) is 29.5 Å². The Morgan fingerprint density at radius 2 is 1.97 bits per heavy atom. The third kappa shape index (κ3) is 4.03. The molecule has 0 radical (unpaired) electrons. The molecule has 172 valence electrons. The highest BCUT2D eigenvalue weighted by molar-refractivity contribution is 6.17. The second-order valence-electron chi connectivity index (χ2n) is 9.52. The molecule has 0 bridgehead atoms. The Kier molecular flexibility index (Phi) is 5.92. The fourth-order valence-corrected chi connectivity index (χ4v) is 5.08. The highest BCUT2D eigenvalue weighted by atomic mass is 16.5. The van der Waals surface area contributed by atoms with Crippen LogP contribution in [0.4, 0.5) is 5.82 Å². The molecule has 6 heteroatoms. The van der Waals surface area contributed by atoms with Crippen LogP contribution in [0.2, 0.25) is 0 Å². The molecule has 1 aromatic heterocycles. The molecule has 3 aliphatic rings. The van der Waals surface area contributed by atoms with Crippen molar-refractivity contribution in [1.29, 1.82) is 0 Å². The van der Waals surface area contributed by atoms with Gasteiger partial charge in [0.15, 0.2) is 11.5 Å². The van der Waals surface area contributed by atoms with E-state index < -0.39 is 6.04 Å². The average Bonchev–Trinajstić information content (AvgIpc) is 3.12. The fourth-order valence-electron chi connectivity index (χ4n) is 5.08. The second kappa shape index (κ2) is 9.00. The number of rotatable bonds is 6. The van der Waals surface area contributed by atoms with Crippen LogP contribution in [-0.4, -0.2) is 29.4 Å². The van der Waals surface area contributed by atoms with Crippen LogP contribution in [0.3, 0.4) is 0 Å². The van der Waals surface area contributed by atoms with E-state index in [1.807, 2.05) is 36.4 Å². The lowest BCUT2D eigenvalue weighted by Gasteiger charge is -2.35. The molecule has 6 nitrogen and oxygen atoms in total. The summed E-state index contributed by atoms with van der Waals surface area (Å²) in [4.78, 5) is 33.3. The molecule has 1 amide bonds. The number of fused-ring (bicyclic) bond motifs is 1. The van der Waals surface area contributed by atoms with Crippen molar-refractivity contribution in [2.24, 2.45) is 11.8 Å². The second-order valence-corrected chi connectivity index (χ2v) is 9.52. The van der Waals surface area contributed by atoms with Crippen molar-refractivity contribution in [3.05, 3.63) is 65.6 Å². The van der Waals surface area contributed by atoms with Crippen molar-refractivity contribution in [1.82, 2.24) is 4.98 Å². The minimum absolute atomic E-state index is 0.0452. The molecule has 1 fully saturated rings. The number of anilines is 1. The zero-order chi connectivity index (χ0) is 22.9. The van der Waals surface area contributed by atoms with Crippen LogP contribution in [0.1, 0.15) is 57.6 Å². The first-order valence-corrected chi connectivity index (χ1v) is 12.0. The lowest BCUT2D eigenvalue weighted by molar-refractivity contribution is -0.131. The van der Waals surface area contributed by atoms with Gasteiger partial charge in [-0.1, -0.05) is 38.5 Å². The maximum Gasteiger partial charge on any atom is 0.295 e. The van der Waals surface area contributed by atoms with Crippen molar-refractivity contribution >= 4 is 17.5 Å².